The molecule has 0 aromatic heterocycles. The number of ether oxygens (including phenoxy) is 3. The molecule has 5 heteroatoms. The molecule has 126 valence electrons. The van der Waals surface area contributed by atoms with Gasteiger partial charge in [0.2, 0.25) is 0 Å². The Morgan fingerprint density at radius 2 is 2.00 bits per heavy atom. The normalized spacial score (nSPS) is 11.7. The molecular formula is C18H24O5. The van der Waals surface area contributed by atoms with Gasteiger partial charge in [-0.2, -0.15) is 0 Å². The maximum atomic E-state index is 10.8. The number of aliphatic hydroxyl groups excluding tert-OH is 1. The third-order valence-corrected chi connectivity index (χ3v) is 3.40. The van der Waals surface area contributed by atoms with Crippen molar-refractivity contribution in [2.75, 3.05) is 7.11 Å². The fourth-order valence-corrected chi connectivity index (χ4v) is 2.27. The van der Waals surface area contributed by atoms with Crippen LogP contribution in [0.2, 0.25) is 0 Å². The molecule has 23 heavy (non-hydrogen) atoms. The van der Waals surface area contributed by atoms with Gasteiger partial charge in [0.1, 0.15) is 23.4 Å². The minimum atomic E-state index is -0.397. The van der Waals surface area contributed by atoms with Gasteiger partial charge in [-0.1, -0.05) is 27.0 Å². The van der Waals surface area contributed by atoms with Crippen LogP contribution in [0.5, 0.6) is 11.5 Å². The Balaban J connectivity index is 3.24. The van der Waals surface area contributed by atoms with Crippen LogP contribution in [0.4, 0.5) is 0 Å². The second-order valence-corrected chi connectivity index (χ2v) is 5.63. The molecule has 0 saturated heterocycles. The van der Waals surface area contributed by atoms with Gasteiger partial charge in [-0.25, -0.2) is 0 Å². The van der Waals surface area contributed by atoms with E-state index >= 15 is 0 Å². The van der Waals surface area contributed by atoms with E-state index in [1.54, 1.807) is 19.2 Å². The van der Waals surface area contributed by atoms with Gasteiger partial charge in [0.15, 0.2) is 5.76 Å². The Bertz CT molecular complexity index is 589. The molecule has 1 rings (SSSR count). The number of rotatable bonds is 9. The number of aliphatic hydroxyl groups is 1. The number of hydrogen-bond donors (Lipinski definition) is 1. The van der Waals surface area contributed by atoms with Crippen LogP contribution in [0.15, 0.2) is 36.8 Å². The summed E-state index contributed by atoms with van der Waals surface area (Å²) in [5.74, 6) is 1.23. The summed E-state index contributed by atoms with van der Waals surface area (Å²) in [6.45, 7) is 13.3. The van der Waals surface area contributed by atoms with Crippen molar-refractivity contribution in [3.05, 3.63) is 47.9 Å². The van der Waals surface area contributed by atoms with Gasteiger partial charge in [-0.3, -0.25) is 4.79 Å². The summed E-state index contributed by atoms with van der Waals surface area (Å²) in [5.41, 5.74) is 1.49. The summed E-state index contributed by atoms with van der Waals surface area (Å²) in [6, 6.07) is 3.51. The zero-order valence-corrected chi connectivity index (χ0v) is 14.1. The van der Waals surface area contributed by atoms with Gasteiger partial charge in [0.05, 0.1) is 7.11 Å². The molecule has 0 amide bonds. The molecule has 1 atom stereocenters. The summed E-state index contributed by atoms with van der Waals surface area (Å²) < 4.78 is 16.2. The largest absolute Gasteiger partial charge is 0.505 e. The van der Waals surface area contributed by atoms with Crippen LogP contribution < -0.4 is 9.47 Å². The van der Waals surface area contributed by atoms with Crippen LogP contribution in [0.3, 0.4) is 0 Å². The first-order chi connectivity index (χ1) is 10.8. The highest BCUT2D eigenvalue weighted by atomic mass is 16.5. The zero-order chi connectivity index (χ0) is 17.6. The quantitative estimate of drug-likeness (QED) is 0.419. The molecule has 0 radical (unpaired) electrons. The average Bonchev–Trinajstić information content (AvgIpc) is 2.48. The van der Waals surface area contributed by atoms with E-state index in [0.29, 0.717) is 30.3 Å². The Hall–Kier alpha value is -2.43. The predicted molar refractivity (Wildman–Crippen MR) is 88.6 cm³/mol. The van der Waals surface area contributed by atoms with Gasteiger partial charge >= 0.3 is 0 Å². The van der Waals surface area contributed by atoms with E-state index in [1.807, 2.05) is 6.92 Å². The Labute approximate surface area is 137 Å². The molecule has 0 saturated carbocycles. The van der Waals surface area contributed by atoms with E-state index in [-0.39, 0.29) is 11.5 Å². The monoisotopic (exact) mass is 320 g/mol. The van der Waals surface area contributed by atoms with E-state index in [4.69, 9.17) is 14.2 Å². The number of hydrogen-bond acceptors (Lipinski definition) is 5. The van der Waals surface area contributed by atoms with E-state index in [2.05, 4.69) is 27.0 Å². The molecule has 1 aromatic carbocycles. The Morgan fingerprint density at radius 1 is 1.35 bits per heavy atom. The van der Waals surface area contributed by atoms with E-state index < -0.39 is 6.10 Å². The fraction of sp³-hybridized carbons (Fsp3) is 0.389. The molecule has 1 N–H and O–H groups in total. The first-order valence-electron chi connectivity index (χ1n) is 7.33. The van der Waals surface area contributed by atoms with Crippen molar-refractivity contribution in [2.24, 2.45) is 5.92 Å². The first-order valence-corrected chi connectivity index (χ1v) is 7.33. The number of methoxy groups -OCH3 is 1. The average molecular weight is 320 g/mol. The minimum Gasteiger partial charge on any atom is -0.505 e. The molecule has 1 unspecified atom stereocenters. The fourth-order valence-electron chi connectivity index (χ4n) is 2.27. The highest BCUT2D eigenvalue weighted by Crippen LogP contribution is 2.38. The van der Waals surface area contributed by atoms with Crippen LogP contribution in [0.1, 0.15) is 37.5 Å². The lowest BCUT2D eigenvalue weighted by Crippen LogP contribution is -2.10. The Kier molecular flexibility index (Phi) is 6.69. The minimum absolute atomic E-state index is 0.0609. The second kappa shape index (κ2) is 8.27. The Morgan fingerprint density at radius 3 is 2.48 bits per heavy atom. The van der Waals surface area contributed by atoms with Crippen LogP contribution >= 0.6 is 0 Å². The molecule has 0 fully saturated rings. The maximum absolute atomic E-state index is 10.8. The molecule has 0 bridgehead atoms. The SMILES string of the molecule is C=C(O)C(=C)Oc1ccc(C(CC(C)C)OC=O)c(OC)c1C. The predicted octanol–water partition coefficient (Wildman–Crippen LogP) is 4.23. The van der Waals surface area contributed by atoms with Crippen LogP contribution in [0, 0.1) is 12.8 Å². The number of benzene rings is 1. The molecule has 0 aliphatic carbocycles. The maximum Gasteiger partial charge on any atom is 0.293 e. The smallest absolute Gasteiger partial charge is 0.293 e. The van der Waals surface area contributed by atoms with E-state index in [9.17, 15) is 9.90 Å². The van der Waals surface area contributed by atoms with E-state index in [1.165, 1.54) is 0 Å². The van der Waals surface area contributed by atoms with Crippen molar-refractivity contribution in [3.63, 3.8) is 0 Å². The summed E-state index contributed by atoms with van der Waals surface area (Å²) in [4.78, 5) is 10.8. The standard InChI is InChI=1S/C18H24O5/c1-11(2)9-17(22-10-19)15-7-8-16(12(3)18(15)21-6)23-14(5)13(4)20/h7-8,10-11,17,20H,4-5,9H2,1-3,6H3. The summed E-state index contributed by atoms with van der Waals surface area (Å²) in [6.07, 6.45) is 0.278. The van der Waals surface area contributed by atoms with Gasteiger partial charge in [-0.05, 0) is 31.4 Å². The van der Waals surface area contributed by atoms with Crippen LogP contribution in [-0.4, -0.2) is 18.7 Å². The molecule has 0 aliphatic heterocycles. The molecule has 0 spiro atoms. The number of carbonyl (C=O) groups is 1. The number of carbonyl (C=O) groups excluding carboxylic acids is 1. The molecule has 5 nitrogen and oxygen atoms in total. The van der Waals surface area contributed by atoms with Gasteiger partial charge in [-0.15, -0.1) is 0 Å². The van der Waals surface area contributed by atoms with Crippen molar-refractivity contribution in [1.29, 1.82) is 0 Å². The second-order valence-electron chi connectivity index (χ2n) is 5.63. The van der Waals surface area contributed by atoms with E-state index in [0.717, 1.165) is 11.1 Å². The van der Waals surface area contributed by atoms with Crippen LogP contribution in [0.25, 0.3) is 0 Å². The first kappa shape index (κ1) is 18.6. The summed E-state index contributed by atoms with van der Waals surface area (Å²) in [7, 11) is 1.54. The lowest BCUT2D eigenvalue weighted by Gasteiger charge is -2.22. The van der Waals surface area contributed by atoms with Gasteiger partial charge in [0, 0.05) is 11.1 Å². The van der Waals surface area contributed by atoms with Gasteiger partial charge in [0.25, 0.3) is 6.47 Å². The van der Waals surface area contributed by atoms with Crippen molar-refractivity contribution >= 4 is 6.47 Å². The third-order valence-electron chi connectivity index (χ3n) is 3.40. The van der Waals surface area contributed by atoms with Crippen LogP contribution in [-0.2, 0) is 9.53 Å². The lowest BCUT2D eigenvalue weighted by atomic mass is 9.96. The van der Waals surface area contributed by atoms with Crippen molar-refractivity contribution < 1.29 is 24.1 Å². The molecule has 0 aliphatic rings. The molecule has 1 aromatic rings. The molecule has 0 heterocycles. The summed E-state index contributed by atoms with van der Waals surface area (Å²) >= 11 is 0. The van der Waals surface area contributed by atoms with Crippen molar-refractivity contribution in [2.45, 2.75) is 33.3 Å². The molecular weight excluding hydrogens is 296 g/mol. The highest BCUT2D eigenvalue weighted by molar-refractivity contribution is 5.52. The summed E-state index contributed by atoms with van der Waals surface area (Å²) in [5, 5.41) is 9.30. The zero-order valence-electron chi connectivity index (χ0n) is 14.1. The van der Waals surface area contributed by atoms with Crippen molar-refractivity contribution in [1.82, 2.24) is 0 Å². The topological polar surface area (TPSA) is 65.0 Å². The third kappa shape index (κ3) is 4.77. The van der Waals surface area contributed by atoms with Crippen molar-refractivity contribution in [3.8, 4) is 11.5 Å². The highest BCUT2D eigenvalue weighted by Gasteiger charge is 2.22. The van der Waals surface area contributed by atoms with Gasteiger partial charge < -0.3 is 19.3 Å². The lowest BCUT2D eigenvalue weighted by molar-refractivity contribution is -0.134.